The van der Waals surface area contributed by atoms with Crippen LogP contribution in [0.15, 0.2) is 24.4 Å². The molecule has 0 atom stereocenters. The molecular formula is C11H12ClNO. The SMILES string of the molecule is CC(C)Oc1ccc2[nH]cc(Cl)c2c1. The average molecular weight is 210 g/mol. The lowest BCUT2D eigenvalue weighted by molar-refractivity contribution is 0.243. The minimum Gasteiger partial charge on any atom is -0.491 e. The number of ether oxygens (including phenoxy) is 1. The first-order valence-electron chi connectivity index (χ1n) is 4.60. The van der Waals surface area contributed by atoms with Crippen molar-refractivity contribution in [3.63, 3.8) is 0 Å². The molecule has 2 nitrogen and oxygen atoms in total. The van der Waals surface area contributed by atoms with Crippen molar-refractivity contribution in [2.24, 2.45) is 0 Å². The van der Waals surface area contributed by atoms with Crippen molar-refractivity contribution < 1.29 is 4.74 Å². The van der Waals surface area contributed by atoms with E-state index in [9.17, 15) is 0 Å². The molecule has 0 aliphatic rings. The number of hydrogen-bond acceptors (Lipinski definition) is 1. The summed E-state index contributed by atoms with van der Waals surface area (Å²) in [6.45, 7) is 4.01. The molecule has 0 radical (unpaired) electrons. The van der Waals surface area contributed by atoms with Crippen molar-refractivity contribution in [1.82, 2.24) is 4.98 Å². The second kappa shape index (κ2) is 3.54. The Hall–Kier alpha value is -1.15. The molecule has 0 bridgehead atoms. The smallest absolute Gasteiger partial charge is 0.120 e. The zero-order valence-corrected chi connectivity index (χ0v) is 8.93. The van der Waals surface area contributed by atoms with Gasteiger partial charge in [0.25, 0.3) is 0 Å². The maximum Gasteiger partial charge on any atom is 0.120 e. The highest BCUT2D eigenvalue weighted by molar-refractivity contribution is 6.35. The molecule has 14 heavy (non-hydrogen) atoms. The van der Waals surface area contributed by atoms with Crippen LogP contribution in [0, 0.1) is 0 Å². The molecule has 74 valence electrons. The third-order valence-electron chi connectivity index (χ3n) is 1.97. The van der Waals surface area contributed by atoms with E-state index in [1.165, 1.54) is 0 Å². The average Bonchev–Trinajstić information content (AvgIpc) is 2.47. The molecule has 0 unspecified atom stereocenters. The molecule has 0 amide bonds. The number of fused-ring (bicyclic) bond motifs is 1. The van der Waals surface area contributed by atoms with Crippen molar-refractivity contribution in [3.05, 3.63) is 29.4 Å². The van der Waals surface area contributed by atoms with Gasteiger partial charge in [-0.25, -0.2) is 0 Å². The normalized spacial score (nSPS) is 11.1. The van der Waals surface area contributed by atoms with E-state index in [4.69, 9.17) is 16.3 Å². The van der Waals surface area contributed by atoms with Crippen LogP contribution in [0.2, 0.25) is 5.02 Å². The van der Waals surface area contributed by atoms with Crippen molar-refractivity contribution in [2.45, 2.75) is 20.0 Å². The maximum absolute atomic E-state index is 5.99. The number of H-pyrrole nitrogens is 1. The highest BCUT2D eigenvalue weighted by Crippen LogP contribution is 2.27. The monoisotopic (exact) mass is 209 g/mol. The number of hydrogen-bond donors (Lipinski definition) is 1. The Morgan fingerprint density at radius 1 is 1.36 bits per heavy atom. The van der Waals surface area contributed by atoms with E-state index in [-0.39, 0.29) is 6.10 Å². The molecule has 0 saturated carbocycles. The number of halogens is 1. The molecule has 2 rings (SSSR count). The zero-order valence-electron chi connectivity index (χ0n) is 8.17. The minimum atomic E-state index is 0.185. The van der Waals surface area contributed by atoms with Crippen molar-refractivity contribution in [2.75, 3.05) is 0 Å². The van der Waals surface area contributed by atoms with Crippen molar-refractivity contribution in [1.29, 1.82) is 0 Å². The first-order chi connectivity index (χ1) is 6.66. The summed E-state index contributed by atoms with van der Waals surface area (Å²) < 4.78 is 5.57. The summed E-state index contributed by atoms with van der Waals surface area (Å²) in [6.07, 6.45) is 1.97. The summed E-state index contributed by atoms with van der Waals surface area (Å²) in [4.78, 5) is 3.08. The van der Waals surface area contributed by atoms with E-state index in [2.05, 4.69) is 4.98 Å². The first-order valence-corrected chi connectivity index (χ1v) is 4.98. The fraction of sp³-hybridized carbons (Fsp3) is 0.273. The van der Waals surface area contributed by atoms with Gasteiger partial charge in [-0.05, 0) is 32.0 Å². The van der Waals surface area contributed by atoms with E-state index in [1.54, 1.807) is 6.20 Å². The van der Waals surface area contributed by atoms with Gasteiger partial charge in [0.15, 0.2) is 0 Å². The summed E-state index contributed by atoms with van der Waals surface area (Å²) in [6, 6.07) is 5.86. The fourth-order valence-electron chi connectivity index (χ4n) is 1.41. The molecule has 0 aliphatic heterocycles. The Bertz CT molecular complexity index is 447. The summed E-state index contributed by atoms with van der Waals surface area (Å²) in [5.74, 6) is 0.856. The van der Waals surface area contributed by atoms with Gasteiger partial charge < -0.3 is 9.72 Å². The zero-order chi connectivity index (χ0) is 10.1. The van der Waals surface area contributed by atoms with Crippen LogP contribution in [0.1, 0.15) is 13.8 Å². The van der Waals surface area contributed by atoms with Gasteiger partial charge in [0.2, 0.25) is 0 Å². The lowest BCUT2D eigenvalue weighted by Gasteiger charge is -2.09. The van der Waals surface area contributed by atoms with E-state index in [0.717, 1.165) is 21.7 Å². The maximum atomic E-state index is 5.99. The van der Waals surface area contributed by atoms with E-state index < -0.39 is 0 Å². The summed E-state index contributed by atoms with van der Waals surface area (Å²) in [5, 5.41) is 1.74. The van der Waals surface area contributed by atoms with Crippen LogP contribution < -0.4 is 4.74 Å². The van der Waals surface area contributed by atoms with Gasteiger partial charge in [-0.3, -0.25) is 0 Å². The number of rotatable bonds is 2. The first kappa shape index (κ1) is 9.41. The third-order valence-corrected chi connectivity index (χ3v) is 2.29. The molecule has 1 N–H and O–H groups in total. The number of aromatic amines is 1. The molecule has 0 saturated heterocycles. The molecule has 1 aromatic carbocycles. The van der Waals surface area contributed by atoms with Crippen LogP contribution in [0.4, 0.5) is 0 Å². The quantitative estimate of drug-likeness (QED) is 0.803. The van der Waals surface area contributed by atoms with Gasteiger partial charge in [-0.1, -0.05) is 11.6 Å². The second-order valence-corrected chi connectivity index (χ2v) is 3.92. The van der Waals surface area contributed by atoms with Crippen LogP contribution in [0.3, 0.4) is 0 Å². The summed E-state index contributed by atoms with van der Waals surface area (Å²) >= 11 is 5.99. The Morgan fingerprint density at radius 3 is 2.86 bits per heavy atom. The third kappa shape index (κ3) is 1.70. The van der Waals surface area contributed by atoms with Crippen LogP contribution in [0.5, 0.6) is 5.75 Å². The van der Waals surface area contributed by atoms with Crippen LogP contribution >= 0.6 is 11.6 Å². The number of nitrogens with one attached hydrogen (secondary N) is 1. The second-order valence-electron chi connectivity index (χ2n) is 3.51. The molecule has 3 heteroatoms. The van der Waals surface area contributed by atoms with Crippen LogP contribution in [-0.2, 0) is 0 Å². The highest BCUT2D eigenvalue weighted by Gasteiger charge is 2.03. The van der Waals surface area contributed by atoms with Gasteiger partial charge in [0, 0.05) is 17.1 Å². The van der Waals surface area contributed by atoms with Crippen molar-refractivity contribution in [3.8, 4) is 5.75 Å². The lowest BCUT2D eigenvalue weighted by Crippen LogP contribution is -2.05. The number of benzene rings is 1. The lowest BCUT2D eigenvalue weighted by atomic mass is 10.2. The van der Waals surface area contributed by atoms with Crippen LogP contribution in [-0.4, -0.2) is 11.1 Å². The van der Waals surface area contributed by atoms with Gasteiger partial charge in [-0.2, -0.15) is 0 Å². The molecular weight excluding hydrogens is 198 g/mol. The molecule has 1 heterocycles. The van der Waals surface area contributed by atoms with E-state index in [0.29, 0.717) is 0 Å². The topological polar surface area (TPSA) is 25.0 Å². The Morgan fingerprint density at radius 2 is 2.14 bits per heavy atom. The molecule has 0 spiro atoms. The molecule has 2 aromatic rings. The number of aromatic nitrogens is 1. The van der Waals surface area contributed by atoms with Gasteiger partial charge in [0.1, 0.15) is 5.75 Å². The van der Waals surface area contributed by atoms with Gasteiger partial charge in [-0.15, -0.1) is 0 Å². The van der Waals surface area contributed by atoms with E-state index >= 15 is 0 Å². The fourth-order valence-corrected chi connectivity index (χ4v) is 1.62. The van der Waals surface area contributed by atoms with E-state index in [1.807, 2.05) is 32.0 Å². The Kier molecular flexibility index (Phi) is 2.38. The minimum absolute atomic E-state index is 0.185. The van der Waals surface area contributed by atoms with Crippen LogP contribution in [0.25, 0.3) is 10.9 Å². The standard InChI is InChI=1S/C11H12ClNO/c1-7(2)14-8-3-4-11-9(5-8)10(12)6-13-11/h3-7,13H,1-2H3. The molecule has 0 aliphatic carbocycles. The highest BCUT2D eigenvalue weighted by atomic mass is 35.5. The predicted octanol–water partition coefficient (Wildman–Crippen LogP) is 3.61. The largest absolute Gasteiger partial charge is 0.491 e. The van der Waals surface area contributed by atoms with Crippen molar-refractivity contribution >= 4 is 22.5 Å². The Labute approximate surface area is 87.8 Å². The van der Waals surface area contributed by atoms with Gasteiger partial charge >= 0.3 is 0 Å². The summed E-state index contributed by atoms with van der Waals surface area (Å²) in [7, 11) is 0. The Balaban J connectivity index is 2.44. The molecule has 0 fully saturated rings. The van der Waals surface area contributed by atoms with Gasteiger partial charge in [0.05, 0.1) is 11.1 Å². The molecule has 1 aromatic heterocycles. The predicted molar refractivity (Wildman–Crippen MR) is 59.1 cm³/mol. The summed E-state index contributed by atoms with van der Waals surface area (Å²) in [5.41, 5.74) is 1.03.